The predicted molar refractivity (Wildman–Crippen MR) is 452 cm³/mol. The highest BCUT2D eigenvalue weighted by atomic mass is 35.5. The molecule has 0 radical (unpaired) electrons. The van der Waals surface area contributed by atoms with Crippen molar-refractivity contribution < 1.29 is 50.2 Å². The molecule has 5 atom stereocenters. The molecule has 1 aliphatic heterocycles. The first-order valence-corrected chi connectivity index (χ1v) is 42.2. The van der Waals surface area contributed by atoms with E-state index in [0.29, 0.717) is 99.1 Å². The van der Waals surface area contributed by atoms with E-state index in [9.17, 15) is 50.2 Å². The molecule has 12 aromatic rings. The summed E-state index contributed by atoms with van der Waals surface area (Å²) in [6, 6.07) is 52.1. The van der Waals surface area contributed by atoms with Gasteiger partial charge in [-0.2, -0.15) is 41.6 Å². The van der Waals surface area contributed by atoms with Crippen molar-refractivity contribution in [2.75, 3.05) is 19.0 Å². The number of likely N-dealkylation sites (tertiary alicyclic amines) is 1. The van der Waals surface area contributed by atoms with Crippen LogP contribution in [0.4, 0.5) is 30.7 Å². The molecule has 0 bridgehead atoms. The third-order valence-electron chi connectivity index (χ3n) is 21.9. The number of fused-ring (bicyclic) bond motifs is 3. The van der Waals surface area contributed by atoms with Gasteiger partial charge in [-0.15, -0.1) is 11.6 Å². The maximum absolute atomic E-state index is 14.2. The number of rotatable bonds is 20. The lowest BCUT2D eigenvalue weighted by atomic mass is 9.91. The molecule has 16 rings (SSSR count). The molecule has 3 aliphatic carbocycles. The Morgan fingerprint density at radius 3 is 1.53 bits per heavy atom. The van der Waals surface area contributed by atoms with Gasteiger partial charge < -0.3 is 20.6 Å². The Balaban J connectivity index is 0.000000148. The van der Waals surface area contributed by atoms with Crippen LogP contribution < -0.4 is 10.6 Å². The molecule has 1 saturated heterocycles. The number of hydrogen-bond acceptors (Lipinski definition) is 12. The van der Waals surface area contributed by atoms with E-state index < -0.39 is 41.6 Å². The van der Waals surface area contributed by atoms with Gasteiger partial charge in [0.05, 0.1) is 52.2 Å². The van der Waals surface area contributed by atoms with Gasteiger partial charge in [0.2, 0.25) is 0 Å². The zero-order chi connectivity index (χ0) is 84.9. The number of aliphatic hydroxyl groups excluding tert-OH is 1. The lowest BCUT2D eigenvalue weighted by molar-refractivity contribution is -0.142. The SMILES string of the molecule is O=C(N[C@@H](CCl)Cc1ccccc1)c1nn(-c2nccc(C(F)(F)F)n2)c2c1CCCCC2Cc1cccc(Cl)c1.O=C(N[C@@H](CO)Cc1ccccc1)c1nn(-c2nccc(C(F)(F)F)n2)c2c1CCCCC2Cc1cccc(Cl)c1.O=C(c1nn(-c2ccc(Cl)cc2Cl)c2c1CCCC/C2=C\c1ccc(F)cc1)N1CCCC1c1ccccn1. The van der Waals surface area contributed by atoms with Gasteiger partial charge in [-0.05, 0) is 221 Å². The monoisotopic (exact) mass is 1740 g/mol. The standard InChI is InChI=1S/C31H27Cl2FN4O.C30H28Cl2F3N5O.C30H29ClF3N5O2/c32-22-12-15-27(25(33)19-22)38-30-21(18-20-10-13-23(34)14-11-20)6-1-2-7-24(30)29(36-38)31(39)37-17-5-9-28(37)26-8-3-4-16-35-26;31-18-23(17-19-7-2-1-3-8-19)37-28(41)26-24-12-5-4-10-21(15-20-9-6-11-22(32)16-20)27(24)40(39-26)29-36-14-13-25(38-29)30(33,34)35;31-22-11-6-9-20(16-22)15-21-10-4-5-12-24-26(28(41)36-23(18-40)17-19-7-2-1-3-8-19)38-39(27(21)24)29-35-14-13-25(37-29)30(32,33)34/h3-4,8,10-16,18-19,28H,1-2,5-7,9,17H2;1-3,6-9,11,13-14,16,21,23H,4-5,10,12,15,17-18H2,(H,37,41);1-3,6-9,11,13-14,16,21,23,40H,4-5,10,12,15,17-18H2,(H,36,41)/b21-18+;;/t;2*21?,23-/m.11/s1. The lowest BCUT2D eigenvalue weighted by Gasteiger charge is -2.24. The fourth-order valence-corrected chi connectivity index (χ4v) is 17.5. The Morgan fingerprint density at radius 1 is 0.504 bits per heavy atom. The number of amides is 3. The molecule has 626 valence electrons. The summed E-state index contributed by atoms with van der Waals surface area (Å²) in [6.07, 6.45) is 9.71. The van der Waals surface area contributed by atoms with E-state index in [1.807, 2.05) is 126 Å². The van der Waals surface area contributed by atoms with Crippen LogP contribution in [0.15, 0.2) is 201 Å². The van der Waals surface area contributed by atoms with Gasteiger partial charge >= 0.3 is 12.4 Å². The van der Waals surface area contributed by atoms with Crippen LogP contribution in [0.5, 0.6) is 0 Å². The van der Waals surface area contributed by atoms with Crippen molar-refractivity contribution in [1.29, 1.82) is 0 Å². The Bertz CT molecular complexity index is 5430. The molecule has 6 aromatic carbocycles. The second-order valence-corrected chi connectivity index (χ2v) is 32.4. The van der Waals surface area contributed by atoms with Crippen LogP contribution in [-0.2, 0) is 57.3 Å². The zero-order valence-corrected chi connectivity index (χ0v) is 69.2. The summed E-state index contributed by atoms with van der Waals surface area (Å²) in [7, 11) is 0. The van der Waals surface area contributed by atoms with Crippen molar-refractivity contribution in [3.8, 4) is 17.6 Å². The second kappa shape index (κ2) is 39.5. The number of allylic oxidation sites excluding steroid dienone is 1. The Hall–Kier alpha value is -10.7. The van der Waals surface area contributed by atoms with E-state index in [4.69, 9.17) is 63.1 Å². The molecule has 7 heterocycles. The summed E-state index contributed by atoms with van der Waals surface area (Å²) in [4.78, 5) is 63.8. The molecule has 6 aromatic heterocycles. The second-order valence-electron chi connectivity index (χ2n) is 30.4. The van der Waals surface area contributed by atoms with Crippen molar-refractivity contribution in [3.63, 3.8) is 0 Å². The average molecular weight is 1750 g/mol. The molecule has 30 heteroatoms. The lowest BCUT2D eigenvalue weighted by Crippen LogP contribution is -2.39. The molecule has 18 nitrogen and oxygen atoms in total. The van der Waals surface area contributed by atoms with Crippen LogP contribution >= 0.6 is 58.0 Å². The highest BCUT2D eigenvalue weighted by Gasteiger charge is 2.40. The Kier molecular flexibility index (Phi) is 28.3. The van der Waals surface area contributed by atoms with Gasteiger partial charge in [0.15, 0.2) is 17.1 Å². The predicted octanol–water partition coefficient (Wildman–Crippen LogP) is 20.6. The normalized spacial score (nSPS) is 16.8. The Morgan fingerprint density at radius 2 is 1.01 bits per heavy atom. The van der Waals surface area contributed by atoms with E-state index in [2.05, 4.69) is 51.8 Å². The number of alkyl halides is 7. The molecular formula is C91H84Cl5F7N14O4. The van der Waals surface area contributed by atoms with Gasteiger partial charge in [-0.3, -0.25) is 19.4 Å². The van der Waals surface area contributed by atoms with Gasteiger partial charge in [-0.25, -0.2) is 38.4 Å². The van der Waals surface area contributed by atoms with Gasteiger partial charge in [0.25, 0.3) is 29.6 Å². The average Bonchev–Trinajstić information content (AvgIpc) is 1.61. The first kappa shape index (κ1) is 86.7. The molecule has 121 heavy (non-hydrogen) atoms. The number of halogens is 12. The largest absolute Gasteiger partial charge is 0.433 e. The van der Waals surface area contributed by atoms with E-state index in [1.165, 1.54) is 21.5 Å². The molecule has 4 aliphatic rings. The summed E-state index contributed by atoms with van der Waals surface area (Å²) >= 11 is 31.6. The molecular weight excluding hydrogens is 1660 g/mol. The summed E-state index contributed by atoms with van der Waals surface area (Å²) in [5.74, 6) is -1.94. The molecule has 0 spiro atoms. The van der Waals surface area contributed by atoms with Crippen LogP contribution in [0.1, 0.15) is 199 Å². The number of carbonyl (C=O) groups is 3. The van der Waals surface area contributed by atoms with Crippen LogP contribution in [0.2, 0.25) is 20.1 Å². The quantitative estimate of drug-likeness (QED) is 0.0369. The molecule has 1 fully saturated rings. The summed E-state index contributed by atoms with van der Waals surface area (Å²) in [5, 5.41) is 32.1. The number of carbonyl (C=O) groups excluding carboxylic acids is 3. The first-order valence-electron chi connectivity index (χ1n) is 40.1. The maximum atomic E-state index is 14.2. The number of hydrogen-bond donors (Lipinski definition) is 3. The van der Waals surface area contributed by atoms with Crippen LogP contribution in [0.3, 0.4) is 0 Å². The van der Waals surface area contributed by atoms with Crippen molar-refractivity contribution in [2.24, 2.45) is 0 Å². The third-order valence-corrected chi connectivity index (χ3v) is 23.3. The number of aromatic nitrogens is 11. The molecule has 3 unspecified atom stereocenters. The fraction of sp³-hybridized carbons (Fsp3) is 0.308. The summed E-state index contributed by atoms with van der Waals surface area (Å²) < 4.78 is 99.5. The van der Waals surface area contributed by atoms with Crippen molar-refractivity contribution >= 4 is 87.4 Å². The van der Waals surface area contributed by atoms with E-state index in [1.54, 1.807) is 47.3 Å². The summed E-state index contributed by atoms with van der Waals surface area (Å²) in [5.41, 5.74) is 10.3. The zero-order valence-electron chi connectivity index (χ0n) is 65.4. The topological polar surface area (TPSA) is 217 Å². The Labute approximate surface area is 719 Å². The molecule has 3 N–H and O–H groups in total. The minimum atomic E-state index is -4.67. The van der Waals surface area contributed by atoms with E-state index >= 15 is 0 Å². The van der Waals surface area contributed by atoms with E-state index in [-0.39, 0.29) is 71.4 Å². The van der Waals surface area contributed by atoms with Gasteiger partial charge in [-0.1, -0.05) is 162 Å². The third kappa shape index (κ3) is 21.3. The minimum Gasteiger partial charge on any atom is -0.394 e. The molecule has 0 saturated carbocycles. The van der Waals surface area contributed by atoms with Crippen LogP contribution in [-0.4, -0.2) is 113 Å². The smallest absolute Gasteiger partial charge is 0.394 e. The van der Waals surface area contributed by atoms with E-state index in [0.717, 1.165) is 152 Å². The maximum Gasteiger partial charge on any atom is 0.433 e. The number of pyridine rings is 1. The van der Waals surface area contributed by atoms with Crippen molar-refractivity contribution in [1.82, 2.24) is 69.8 Å². The molecule has 3 amide bonds. The number of nitrogens with one attached hydrogen (secondary N) is 2. The number of nitrogens with zero attached hydrogens (tertiary/aromatic N) is 12. The summed E-state index contributed by atoms with van der Waals surface area (Å²) in [6.45, 7) is 0.360. The van der Waals surface area contributed by atoms with Crippen molar-refractivity contribution in [3.05, 3.63) is 322 Å². The first-order chi connectivity index (χ1) is 58.4. The number of aliphatic hydroxyl groups is 1. The highest BCUT2D eigenvalue weighted by molar-refractivity contribution is 6.36. The van der Waals surface area contributed by atoms with Crippen LogP contribution in [0.25, 0.3) is 29.2 Å². The number of benzene rings is 6. The van der Waals surface area contributed by atoms with Gasteiger partial charge in [0, 0.05) is 80.7 Å². The fourth-order valence-electron chi connectivity index (χ4n) is 16.4. The van der Waals surface area contributed by atoms with Gasteiger partial charge in [0.1, 0.15) is 17.2 Å². The van der Waals surface area contributed by atoms with Crippen molar-refractivity contribution in [2.45, 2.75) is 158 Å². The minimum absolute atomic E-state index is 0.0846. The highest BCUT2D eigenvalue weighted by Crippen LogP contribution is 2.43. The van der Waals surface area contributed by atoms with Crippen LogP contribution in [0, 0.1) is 5.82 Å².